The molecule has 0 radical (unpaired) electrons. The third kappa shape index (κ3) is 8.54. The number of hydrogen-bond acceptors (Lipinski definition) is 7. The van der Waals surface area contributed by atoms with Crippen molar-refractivity contribution in [3.63, 3.8) is 0 Å². The van der Waals surface area contributed by atoms with Crippen molar-refractivity contribution < 1.29 is 22.8 Å². The van der Waals surface area contributed by atoms with E-state index in [9.17, 15) is 22.8 Å². The number of hydrogen-bond donors (Lipinski definition) is 4. The molecule has 1 aliphatic heterocycles. The molecular formula is C29H43N7O5S. The molecule has 0 unspecified atom stereocenters. The Kier molecular flexibility index (Phi) is 10.6. The van der Waals surface area contributed by atoms with E-state index >= 15 is 0 Å². The molecule has 4 rings (SSSR count). The van der Waals surface area contributed by atoms with Crippen LogP contribution >= 0.6 is 0 Å². The Hall–Kier alpha value is -3.45. The highest BCUT2D eigenvalue weighted by atomic mass is 32.2. The number of piperidine rings is 1. The molecule has 12 nitrogen and oxygen atoms in total. The Balaban J connectivity index is 1.36. The summed E-state index contributed by atoms with van der Waals surface area (Å²) >= 11 is 0. The number of nitrogen functional groups attached to an aromatic ring is 1. The minimum atomic E-state index is -3.34. The predicted octanol–water partition coefficient (Wildman–Crippen LogP) is 1.93. The number of anilines is 1. The van der Waals surface area contributed by atoms with E-state index in [-0.39, 0.29) is 42.7 Å². The van der Waals surface area contributed by atoms with Crippen LogP contribution in [0.25, 0.3) is 0 Å². The van der Waals surface area contributed by atoms with Gasteiger partial charge in [0.25, 0.3) is 11.8 Å². The lowest BCUT2D eigenvalue weighted by molar-refractivity contribution is -0.124. The predicted molar refractivity (Wildman–Crippen MR) is 160 cm³/mol. The molecule has 1 aromatic heterocycles. The molecule has 1 saturated carbocycles. The number of rotatable bonds is 11. The van der Waals surface area contributed by atoms with Gasteiger partial charge in [0.05, 0.1) is 12.5 Å². The number of nitrogens with two attached hydrogens (primary N) is 1. The van der Waals surface area contributed by atoms with Gasteiger partial charge in [0.1, 0.15) is 17.4 Å². The number of benzene rings is 1. The third-order valence-electron chi connectivity index (χ3n) is 8.31. The van der Waals surface area contributed by atoms with Gasteiger partial charge >= 0.3 is 0 Å². The molecule has 3 amide bonds. The highest BCUT2D eigenvalue weighted by Gasteiger charge is 2.30. The smallest absolute Gasteiger partial charge is 0.256 e. The zero-order chi connectivity index (χ0) is 30.3. The maximum Gasteiger partial charge on any atom is 0.256 e. The Bertz CT molecular complexity index is 1350. The van der Waals surface area contributed by atoms with E-state index in [4.69, 9.17) is 5.73 Å². The number of aromatic nitrogens is 2. The normalized spacial score (nSPS) is 19.1. The maximum absolute atomic E-state index is 13.4. The number of nitrogens with one attached hydrogen (secondary N) is 3. The second-order valence-corrected chi connectivity index (χ2v) is 13.5. The van der Waals surface area contributed by atoms with Crippen LogP contribution in [-0.2, 0) is 28.4 Å². The van der Waals surface area contributed by atoms with Gasteiger partial charge in [-0.25, -0.2) is 12.7 Å². The van der Waals surface area contributed by atoms with Gasteiger partial charge in [0.15, 0.2) is 0 Å². The van der Waals surface area contributed by atoms with Crippen molar-refractivity contribution in [2.45, 2.75) is 76.4 Å². The quantitative estimate of drug-likeness (QED) is 0.305. The molecule has 2 heterocycles. The van der Waals surface area contributed by atoms with Gasteiger partial charge in [-0.2, -0.15) is 5.10 Å². The van der Waals surface area contributed by atoms with Crippen LogP contribution in [0, 0.1) is 5.92 Å². The monoisotopic (exact) mass is 601 g/mol. The lowest BCUT2D eigenvalue weighted by Crippen LogP contribution is -2.54. The first kappa shape index (κ1) is 31.5. The molecule has 2 atom stereocenters. The van der Waals surface area contributed by atoms with Gasteiger partial charge in [0.2, 0.25) is 15.9 Å². The Morgan fingerprint density at radius 3 is 2.40 bits per heavy atom. The van der Waals surface area contributed by atoms with Crippen molar-refractivity contribution in [3.8, 4) is 0 Å². The summed E-state index contributed by atoms with van der Waals surface area (Å²) < 4.78 is 26.9. The summed E-state index contributed by atoms with van der Waals surface area (Å²) in [5.74, 6) is -0.171. The van der Waals surface area contributed by atoms with Crippen molar-refractivity contribution in [2.75, 3.05) is 25.1 Å². The summed E-state index contributed by atoms with van der Waals surface area (Å²) in [4.78, 5) is 39.0. The lowest BCUT2D eigenvalue weighted by atomic mass is 9.85. The van der Waals surface area contributed by atoms with Gasteiger partial charge in [0, 0.05) is 38.3 Å². The average molecular weight is 602 g/mol. The molecular weight excluding hydrogens is 558 g/mol. The summed E-state index contributed by atoms with van der Waals surface area (Å²) in [5.41, 5.74) is 7.36. The van der Waals surface area contributed by atoms with Gasteiger partial charge < -0.3 is 21.7 Å². The van der Waals surface area contributed by atoms with Gasteiger partial charge in [-0.3, -0.25) is 19.1 Å². The molecule has 1 aliphatic carbocycles. The molecule has 1 aromatic carbocycles. The van der Waals surface area contributed by atoms with Crippen molar-refractivity contribution >= 4 is 33.6 Å². The standard InChI is InChI=1S/C29H43N7O5S/c1-35-26(30)24(18-32-35)28(38)31-17-21-10-13-22(14-11-21)27(37)34-25(15-12-20-7-4-3-5-8-20)29(39)33-23-9-6-16-36(19-23)42(2,40)41/h10-11,13-14,18,20,23,25H,3-9,12,15-17,19,30H2,1-2H3,(H,31,38)(H,33,39)(H,34,37)/t23-,25+/m1/s1. The molecule has 2 aliphatic rings. The van der Waals surface area contributed by atoms with Crippen LogP contribution in [-0.4, -0.2) is 71.7 Å². The summed E-state index contributed by atoms with van der Waals surface area (Å²) in [6.07, 6.45) is 11.2. The molecule has 2 fully saturated rings. The van der Waals surface area contributed by atoms with E-state index in [1.165, 1.54) is 40.7 Å². The number of carbonyl (C=O) groups excluding carboxylic acids is 3. The topological polar surface area (TPSA) is 169 Å². The second-order valence-electron chi connectivity index (χ2n) is 11.5. The highest BCUT2D eigenvalue weighted by molar-refractivity contribution is 7.88. The average Bonchev–Trinajstić information content (AvgIpc) is 3.31. The van der Waals surface area contributed by atoms with Crippen molar-refractivity contribution in [1.29, 1.82) is 0 Å². The largest absolute Gasteiger partial charge is 0.383 e. The number of sulfonamides is 1. The molecule has 2 aromatic rings. The molecule has 230 valence electrons. The first-order valence-corrected chi connectivity index (χ1v) is 16.6. The van der Waals surface area contributed by atoms with Gasteiger partial charge in [-0.15, -0.1) is 0 Å². The summed E-state index contributed by atoms with van der Waals surface area (Å²) in [6, 6.07) is 5.80. The molecule has 0 spiro atoms. The van der Waals surface area contributed by atoms with Crippen molar-refractivity contribution in [2.24, 2.45) is 13.0 Å². The van der Waals surface area contributed by atoms with E-state index in [1.54, 1.807) is 31.3 Å². The number of aryl methyl sites for hydroxylation is 1. The van der Waals surface area contributed by atoms with Crippen LogP contribution in [0.3, 0.4) is 0 Å². The van der Waals surface area contributed by atoms with Crippen LogP contribution in [0.4, 0.5) is 5.82 Å². The van der Waals surface area contributed by atoms with E-state index in [0.717, 1.165) is 24.8 Å². The first-order chi connectivity index (χ1) is 20.0. The molecule has 1 saturated heterocycles. The lowest BCUT2D eigenvalue weighted by Gasteiger charge is -2.32. The van der Waals surface area contributed by atoms with E-state index in [0.29, 0.717) is 42.9 Å². The fourth-order valence-corrected chi connectivity index (χ4v) is 6.64. The maximum atomic E-state index is 13.4. The van der Waals surface area contributed by atoms with Crippen LogP contribution in [0.1, 0.15) is 84.1 Å². The Morgan fingerprint density at radius 1 is 1.05 bits per heavy atom. The number of nitrogens with zero attached hydrogens (tertiary/aromatic N) is 3. The highest BCUT2D eigenvalue weighted by Crippen LogP contribution is 2.28. The van der Waals surface area contributed by atoms with Crippen molar-refractivity contribution in [3.05, 3.63) is 47.2 Å². The summed E-state index contributed by atoms with van der Waals surface area (Å²) in [7, 11) is -1.69. The minimum absolute atomic E-state index is 0.235. The van der Waals surface area contributed by atoms with Gasteiger partial charge in [-0.1, -0.05) is 44.2 Å². The van der Waals surface area contributed by atoms with E-state index in [1.807, 2.05) is 0 Å². The van der Waals surface area contributed by atoms with E-state index < -0.39 is 16.1 Å². The second kappa shape index (κ2) is 14.1. The minimum Gasteiger partial charge on any atom is -0.383 e. The van der Waals surface area contributed by atoms with Crippen LogP contribution in [0.5, 0.6) is 0 Å². The van der Waals surface area contributed by atoms with Gasteiger partial charge in [-0.05, 0) is 49.3 Å². The fraction of sp³-hybridized carbons (Fsp3) is 0.586. The number of amides is 3. The third-order valence-corrected chi connectivity index (χ3v) is 9.58. The Labute approximate surface area is 247 Å². The molecule has 42 heavy (non-hydrogen) atoms. The molecule has 0 bridgehead atoms. The van der Waals surface area contributed by atoms with Crippen molar-refractivity contribution in [1.82, 2.24) is 30.0 Å². The fourth-order valence-electron chi connectivity index (χ4n) is 5.73. The first-order valence-electron chi connectivity index (χ1n) is 14.7. The molecule has 13 heteroatoms. The SMILES string of the molecule is Cn1ncc(C(=O)NCc2ccc(C(=O)N[C@@H](CCC3CCCCC3)C(=O)N[C@@H]3CCCN(S(C)(=O)=O)C3)cc2)c1N. The zero-order valence-electron chi connectivity index (χ0n) is 24.5. The Morgan fingerprint density at radius 2 is 1.76 bits per heavy atom. The van der Waals surface area contributed by atoms with Crippen LogP contribution in [0.15, 0.2) is 30.5 Å². The number of carbonyl (C=O) groups is 3. The summed E-state index contributed by atoms with van der Waals surface area (Å²) in [6.45, 7) is 0.927. The van der Waals surface area contributed by atoms with Crippen LogP contribution < -0.4 is 21.7 Å². The summed E-state index contributed by atoms with van der Waals surface area (Å²) in [5, 5.41) is 12.7. The van der Waals surface area contributed by atoms with Crippen LogP contribution in [0.2, 0.25) is 0 Å². The van der Waals surface area contributed by atoms with E-state index in [2.05, 4.69) is 21.0 Å². The zero-order valence-corrected chi connectivity index (χ0v) is 25.3. The molecule has 5 N–H and O–H groups in total.